The zero-order chi connectivity index (χ0) is 21.8. The monoisotopic (exact) mass is 432 g/mol. The molecule has 0 unspecified atom stereocenters. The van der Waals surface area contributed by atoms with Crippen molar-refractivity contribution in [2.45, 2.75) is 61.6 Å². The largest absolute Gasteiger partial charge is 0.327 e. The number of hydrogen-bond acceptors (Lipinski definition) is 4. The summed E-state index contributed by atoms with van der Waals surface area (Å²) in [6, 6.07) is 8.10. The fraction of sp³-hybridized carbons (Fsp3) is 0.435. The Hall–Kier alpha value is -2.44. The maximum absolute atomic E-state index is 4.56. The number of nitrogens with one attached hydrogen (secondary N) is 1. The number of H-pyrrole nitrogens is 1. The van der Waals surface area contributed by atoms with Crippen molar-refractivity contribution in [1.82, 2.24) is 29.2 Å². The Morgan fingerprint density at radius 3 is 2.20 bits per heavy atom. The van der Waals surface area contributed by atoms with Crippen LogP contribution in [0.3, 0.4) is 0 Å². The molecule has 0 saturated carbocycles. The Balaban J connectivity index is 0.00000111. The third-order valence-corrected chi connectivity index (χ3v) is 4.05. The predicted octanol–water partition coefficient (Wildman–Crippen LogP) is 6.05. The standard InChI is InChI=1S/C17H18N6.3C2H6.ClH/c1-12-15(11-22(2)10-13-5-8-18-9-6-13)23-14-4-3-7-19-16(14)21-17(23)20-12;3*1-2;/h3-9H,10-11H2,1-2H3,(H,19,20,21);3*1-2H3;1H. The van der Waals surface area contributed by atoms with Gasteiger partial charge in [-0.15, -0.1) is 12.4 Å². The average molecular weight is 433 g/mol. The van der Waals surface area contributed by atoms with Crippen LogP contribution < -0.4 is 0 Å². The molecule has 0 fully saturated rings. The van der Waals surface area contributed by atoms with E-state index < -0.39 is 0 Å². The molecule has 0 amide bonds. The van der Waals surface area contributed by atoms with E-state index in [1.54, 1.807) is 6.20 Å². The lowest BCUT2D eigenvalue weighted by molar-refractivity contribution is 0.314. The van der Waals surface area contributed by atoms with Crippen LogP contribution in [0.5, 0.6) is 0 Å². The molecule has 4 aromatic heterocycles. The van der Waals surface area contributed by atoms with Gasteiger partial charge in [0.2, 0.25) is 5.78 Å². The summed E-state index contributed by atoms with van der Waals surface area (Å²) in [7, 11) is 2.12. The van der Waals surface area contributed by atoms with E-state index in [0.717, 1.165) is 35.7 Å². The minimum Gasteiger partial charge on any atom is -0.327 e. The van der Waals surface area contributed by atoms with Gasteiger partial charge < -0.3 is 4.98 Å². The van der Waals surface area contributed by atoms with E-state index in [0.29, 0.717) is 0 Å². The van der Waals surface area contributed by atoms with Crippen LogP contribution in [-0.4, -0.2) is 36.3 Å². The summed E-state index contributed by atoms with van der Waals surface area (Å²) in [5.41, 5.74) is 5.42. The minimum absolute atomic E-state index is 0. The molecule has 0 bridgehead atoms. The number of aromatic nitrogens is 5. The van der Waals surface area contributed by atoms with Gasteiger partial charge in [-0.2, -0.15) is 4.98 Å². The Bertz CT molecular complexity index is 962. The summed E-state index contributed by atoms with van der Waals surface area (Å²) in [6.45, 7) is 15.8. The molecule has 6 nitrogen and oxygen atoms in total. The quantitative estimate of drug-likeness (QED) is 0.426. The molecule has 0 aliphatic heterocycles. The molecule has 0 saturated heterocycles. The van der Waals surface area contributed by atoms with E-state index in [2.05, 4.69) is 49.3 Å². The second-order valence-electron chi connectivity index (χ2n) is 5.84. The first-order valence-electron chi connectivity index (χ1n) is 10.6. The highest BCUT2D eigenvalue weighted by atomic mass is 35.5. The number of aromatic amines is 1. The first-order chi connectivity index (χ1) is 14.2. The molecule has 4 heterocycles. The summed E-state index contributed by atoms with van der Waals surface area (Å²) >= 11 is 0. The van der Waals surface area contributed by atoms with Crippen molar-refractivity contribution in [3.63, 3.8) is 0 Å². The summed E-state index contributed by atoms with van der Waals surface area (Å²) in [5, 5.41) is 0. The van der Waals surface area contributed by atoms with Crippen LogP contribution in [0.25, 0.3) is 16.9 Å². The topological polar surface area (TPSA) is 62.1 Å². The molecule has 4 rings (SSSR count). The number of nitrogens with zero attached hydrogens (tertiary/aromatic N) is 5. The lowest BCUT2D eigenvalue weighted by Gasteiger charge is -2.17. The maximum Gasteiger partial charge on any atom is 0.214 e. The molecule has 0 radical (unpaired) electrons. The van der Waals surface area contributed by atoms with E-state index in [1.165, 1.54) is 11.3 Å². The fourth-order valence-corrected chi connectivity index (χ4v) is 2.98. The Kier molecular flexibility index (Phi) is 13.3. The van der Waals surface area contributed by atoms with Crippen molar-refractivity contribution in [3.05, 3.63) is 59.8 Å². The number of aryl methyl sites for hydroxylation is 1. The van der Waals surface area contributed by atoms with Gasteiger partial charge in [0.1, 0.15) is 0 Å². The second-order valence-corrected chi connectivity index (χ2v) is 5.84. The molecular formula is C23H37ClN6. The highest BCUT2D eigenvalue weighted by Crippen LogP contribution is 2.20. The van der Waals surface area contributed by atoms with Crippen molar-refractivity contribution in [1.29, 1.82) is 0 Å². The van der Waals surface area contributed by atoms with Crippen molar-refractivity contribution in [3.8, 4) is 0 Å². The first kappa shape index (κ1) is 27.6. The molecule has 1 N–H and O–H groups in total. The van der Waals surface area contributed by atoms with Crippen LogP contribution in [0.15, 0.2) is 42.9 Å². The van der Waals surface area contributed by atoms with Crippen LogP contribution in [0, 0.1) is 6.92 Å². The van der Waals surface area contributed by atoms with Gasteiger partial charge in [0, 0.05) is 37.4 Å². The SMILES string of the molecule is CC.CC.CC.Cc1[nH]c2nc3ncccc3n2c1CN(C)Cc1ccncc1.Cl. The van der Waals surface area contributed by atoms with Gasteiger partial charge in [0.05, 0.1) is 11.2 Å². The molecule has 4 aromatic rings. The number of fused-ring (bicyclic) bond motifs is 3. The van der Waals surface area contributed by atoms with Gasteiger partial charge in [0.25, 0.3) is 0 Å². The zero-order valence-electron chi connectivity index (χ0n) is 19.6. The third-order valence-electron chi connectivity index (χ3n) is 4.05. The molecule has 0 aliphatic rings. The number of pyridine rings is 2. The van der Waals surface area contributed by atoms with Gasteiger partial charge in [-0.25, -0.2) is 4.98 Å². The first-order valence-corrected chi connectivity index (χ1v) is 10.6. The molecular weight excluding hydrogens is 396 g/mol. The number of rotatable bonds is 4. The Morgan fingerprint density at radius 1 is 0.933 bits per heavy atom. The third kappa shape index (κ3) is 6.54. The lowest BCUT2D eigenvalue weighted by Crippen LogP contribution is -2.18. The molecule has 30 heavy (non-hydrogen) atoms. The predicted molar refractivity (Wildman–Crippen MR) is 130 cm³/mol. The zero-order valence-corrected chi connectivity index (χ0v) is 20.4. The highest BCUT2D eigenvalue weighted by molar-refractivity contribution is 5.85. The van der Waals surface area contributed by atoms with E-state index in [1.807, 2.05) is 72.1 Å². The lowest BCUT2D eigenvalue weighted by atomic mass is 10.2. The highest BCUT2D eigenvalue weighted by Gasteiger charge is 2.15. The number of halogens is 1. The van der Waals surface area contributed by atoms with Gasteiger partial charge in [-0.05, 0) is 43.8 Å². The normalized spacial score (nSPS) is 9.63. The van der Waals surface area contributed by atoms with E-state index >= 15 is 0 Å². The summed E-state index contributed by atoms with van der Waals surface area (Å²) in [6.07, 6.45) is 5.44. The molecule has 0 aliphatic carbocycles. The van der Waals surface area contributed by atoms with Gasteiger partial charge in [-0.3, -0.25) is 14.3 Å². The molecule has 0 aromatic carbocycles. The Morgan fingerprint density at radius 2 is 1.57 bits per heavy atom. The van der Waals surface area contributed by atoms with E-state index in [4.69, 9.17) is 0 Å². The van der Waals surface area contributed by atoms with Crippen molar-refractivity contribution >= 4 is 29.3 Å². The smallest absolute Gasteiger partial charge is 0.214 e. The minimum atomic E-state index is 0. The van der Waals surface area contributed by atoms with Gasteiger partial charge >= 0.3 is 0 Å². The summed E-state index contributed by atoms with van der Waals surface area (Å²) in [4.78, 5) is 18.6. The van der Waals surface area contributed by atoms with Crippen molar-refractivity contribution in [2.75, 3.05) is 7.05 Å². The fourth-order valence-electron chi connectivity index (χ4n) is 2.98. The Labute approximate surface area is 187 Å². The van der Waals surface area contributed by atoms with Crippen molar-refractivity contribution < 1.29 is 0 Å². The molecule has 0 spiro atoms. The second kappa shape index (κ2) is 14.5. The van der Waals surface area contributed by atoms with Crippen LogP contribution in [0.1, 0.15) is 58.5 Å². The number of hydrogen-bond donors (Lipinski definition) is 1. The van der Waals surface area contributed by atoms with Gasteiger partial charge in [-0.1, -0.05) is 41.5 Å². The summed E-state index contributed by atoms with van der Waals surface area (Å²) in [5.74, 6) is 0.850. The number of imidazole rings is 2. The van der Waals surface area contributed by atoms with Crippen LogP contribution in [-0.2, 0) is 13.1 Å². The van der Waals surface area contributed by atoms with Crippen LogP contribution in [0.2, 0.25) is 0 Å². The average Bonchev–Trinajstić information content (AvgIpc) is 3.28. The summed E-state index contributed by atoms with van der Waals surface area (Å²) < 4.78 is 2.17. The van der Waals surface area contributed by atoms with Crippen LogP contribution in [0.4, 0.5) is 0 Å². The van der Waals surface area contributed by atoms with Crippen LogP contribution >= 0.6 is 12.4 Å². The molecule has 166 valence electrons. The van der Waals surface area contributed by atoms with Crippen molar-refractivity contribution in [2.24, 2.45) is 0 Å². The van der Waals surface area contributed by atoms with E-state index in [9.17, 15) is 0 Å². The molecule has 0 atom stereocenters. The van der Waals surface area contributed by atoms with Gasteiger partial charge in [0.15, 0.2) is 5.65 Å². The van der Waals surface area contributed by atoms with E-state index in [-0.39, 0.29) is 12.4 Å². The maximum atomic E-state index is 4.56. The molecule has 7 heteroatoms.